The summed E-state index contributed by atoms with van der Waals surface area (Å²) in [6.07, 6.45) is 8.12. The Balaban J connectivity index is 1.53. The second-order valence-corrected chi connectivity index (χ2v) is 10.4. The fourth-order valence-electron chi connectivity index (χ4n) is 4.80. The molecule has 2 amide bonds. The summed E-state index contributed by atoms with van der Waals surface area (Å²) in [5.74, 6) is -0.252. The molecule has 9 nitrogen and oxygen atoms in total. The van der Waals surface area contributed by atoms with Gasteiger partial charge in [-0.15, -0.1) is 0 Å². The predicted octanol–water partition coefficient (Wildman–Crippen LogP) is 5.37. The van der Waals surface area contributed by atoms with E-state index in [9.17, 15) is 9.59 Å². The summed E-state index contributed by atoms with van der Waals surface area (Å²) in [5.41, 5.74) is 4.13. The van der Waals surface area contributed by atoms with Crippen LogP contribution >= 0.6 is 0 Å². The molecule has 0 aliphatic carbocycles. The summed E-state index contributed by atoms with van der Waals surface area (Å²) in [5, 5.41) is 6.90. The number of pyridine rings is 2. The largest absolute Gasteiger partial charge is 0.444 e. The van der Waals surface area contributed by atoms with Crippen molar-refractivity contribution in [2.75, 3.05) is 23.3 Å². The first-order chi connectivity index (χ1) is 18.3. The van der Waals surface area contributed by atoms with E-state index in [2.05, 4.69) is 30.5 Å². The molecule has 0 unspecified atom stereocenters. The van der Waals surface area contributed by atoms with Gasteiger partial charge in [-0.3, -0.25) is 9.78 Å². The van der Waals surface area contributed by atoms with Gasteiger partial charge in [-0.05, 0) is 51.3 Å². The van der Waals surface area contributed by atoms with Crippen molar-refractivity contribution >= 4 is 34.4 Å². The molecule has 0 spiro atoms. The van der Waals surface area contributed by atoms with Gasteiger partial charge in [0.1, 0.15) is 11.2 Å². The molecule has 196 valence electrons. The van der Waals surface area contributed by atoms with Crippen molar-refractivity contribution in [1.82, 2.24) is 20.3 Å². The molecule has 0 radical (unpaired) electrons. The standard InChI is InChI=1S/C29H32N6O3/c1-29(2,3)38-28(37)33-21-12-8-14-35(18-21)25-22(19-9-5-4-6-10-19)16-31-26-24(25)23(17-32-26)34-27(36)20-11-7-13-30-15-20/h4-7,9-11,13,15-17,21H,8,12,14,18H2,1-3H3,(H,31,32)(H,33,37)(H,34,36)/t21-/m1/s1. The van der Waals surface area contributed by atoms with Crippen LogP contribution in [0.4, 0.5) is 16.2 Å². The zero-order valence-corrected chi connectivity index (χ0v) is 21.8. The predicted molar refractivity (Wildman–Crippen MR) is 148 cm³/mol. The Labute approximate surface area is 221 Å². The molecule has 3 aromatic heterocycles. The van der Waals surface area contributed by atoms with Crippen molar-refractivity contribution in [3.63, 3.8) is 0 Å². The number of nitrogens with one attached hydrogen (secondary N) is 3. The Kier molecular flexibility index (Phi) is 7.00. The Bertz CT molecular complexity index is 1430. The quantitative estimate of drug-likeness (QED) is 0.331. The highest BCUT2D eigenvalue weighted by atomic mass is 16.6. The third-order valence-electron chi connectivity index (χ3n) is 6.39. The Morgan fingerprint density at radius 3 is 2.66 bits per heavy atom. The number of rotatable bonds is 5. The minimum atomic E-state index is -0.567. The van der Waals surface area contributed by atoms with Crippen LogP contribution in [0.15, 0.2) is 67.3 Å². The molecular weight excluding hydrogens is 480 g/mol. The summed E-state index contributed by atoms with van der Waals surface area (Å²) in [7, 11) is 0. The molecule has 0 bridgehead atoms. The summed E-state index contributed by atoms with van der Waals surface area (Å²) in [6, 6.07) is 13.4. The van der Waals surface area contributed by atoms with E-state index in [1.807, 2.05) is 57.3 Å². The Hall–Kier alpha value is -4.40. The minimum Gasteiger partial charge on any atom is -0.444 e. The molecule has 0 saturated carbocycles. The van der Waals surface area contributed by atoms with E-state index in [0.717, 1.165) is 41.6 Å². The van der Waals surface area contributed by atoms with E-state index in [4.69, 9.17) is 4.74 Å². The molecule has 5 rings (SSSR count). The van der Waals surface area contributed by atoms with Crippen LogP contribution in [0, 0.1) is 0 Å². The van der Waals surface area contributed by atoms with Gasteiger partial charge < -0.3 is 25.3 Å². The summed E-state index contributed by atoms with van der Waals surface area (Å²) < 4.78 is 5.50. The lowest BCUT2D eigenvalue weighted by Gasteiger charge is -2.36. The summed E-state index contributed by atoms with van der Waals surface area (Å²) >= 11 is 0. The zero-order valence-electron chi connectivity index (χ0n) is 21.8. The number of ether oxygens (including phenoxy) is 1. The molecule has 4 heterocycles. The smallest absolute Gasteiger partial charge is 0.407 e. The van der Waals surface area contributed by atoms with Gasteiger partial charge in [0.05, 0.1) is 22.3 Å². The van der Waals surface area contributed by atoms with Crippen molar-refractivity contribution in [3.8, 4) is 11.1 Å². The van der Waals surface area contributed by atoms with Crippen molar-refractivity contribution in [2.45, 2.75) is 45.3 Å². The van der Waals surface area contributed by atoms with Crippen LogP contribution < -0.4 is 15.5 Å². The number of nitrogens with zero attached hydrogens (tertiary/aromatic N) is 3. The lowest BCUT2D eigenvalue weighted by Crippen LogP contribution is -2.49. The number of alkyl carbamates (subject to hydrolysis) is 1. The van der Waals surface area contributed by atoms with E-state index >= 15 is 0 Å². The minimum absolute atomic E-state index is 0.0854. The normalized spacial score (nSPS) is 15.8. The highest BCUT2D eigenvalue weighted by molar-refractivity contribution is 6.13. The molecular formula is C29H32N6O3. The van der Waals surface area contributed by atoms with Crippen LogP contribution in [0.25, 0.3) is 22.2 Å². The van der Waals surface area contributed by atoms with Crippen LogP contribution in [0.3, 0.4) is 0 Å². The third-order valence-corrected chi connectivity index (χ3v) is 6.39. The van der Waals surface area contributed by atoms with Gasteiger partial charge >= 0.3 is 6.09 Å². The van der Waals surface area contributed by atoms with E-state index in [0.29, 0.717) is 23.4 Å². The monoisotopic (exact) mass is 512 g/mol. The Morgan fingerprint density at radius 1 is 1.11 bits per heavy atom. The molecule has 1 saturated heterocycles. The van der Waals surface area contributed by atoms with Crippen LogP contribution in [-0.2, 0) is 4.74 Å². The summed E-state index contributed by atoms with van der Waals surface area (Å²) in [4.78, 5) is 39.8. The zero-order chi connectivity index (χ0) is 26.7. The molecule has 38 heavy (non-hydrogen) atoms. The number of H-pyrrole nitrogens is 1. The number of piperidine rings is 1. The van der Waals surface area contributed by atoms with E-state index in [-0.39, 0.29) is 11.9 Å². The first kappa shape index (κ1) is 25.3. The number of amides is 2. The first-order valence-corrected chi connectivity index (χ1v) is 12.8. The number of carbonyl (C=O) groups excluding carboxylic acids is 2. The number of aromatic nitrogens is 3. The van der Waals surface area contributed by atoms with Crippen molar-refractivity contribution in [1.29, 1.82) is 0 Å². The number of hydrogen-bond acceptors (Lipinski definition) is 6. The molecule has 1 atom stereocenters. The van der Waals surface area contributed by atoms with Gasteiger partial charge in [0.25, 0.3) is 5.91 Å². The maximum atomic E-state index is 13.0. The second kappa shape index (κ2) is 10.5. The third kappa shape index (κ3) is 5.61. The number of benzene rings is 1. The van der Waals surface area contributed by atoms with E-state index < -0.39 is 11.7 Å². The van der Waals surface area contributed by atoms with E-state index in [1.165, 1.54) is 6.20 Å². The fourth-order valence-corrected chi connectivity index (χ4v) is 4.80. The lowest BCUT2D eigenvalue weighted by molar-refractivity contribution is 0.0500. The van der Waals surface area contributed by atoms with Crippen LogP contribution in [0.2, 0.25) is 0 Å². The second-order valence-electron chi connectivity index (χ2n) is 10.4. The number of hydrogen-bond donors (Lipinski definition) is 3. The molecule has 3 N–H and O–H groups in total. The van der Waals surface area contributed by atoms with Gasteiger partial charge in [-0.1, -0.05) is 30.3 Å². The summed E-state index contributed by atoms with van der Waals surface area (Å²) in [6.45, 7) is 6.96. The number of carbonyl (C=O) groups is 2. The van der Waals surface area contributed by atoms with Crippen molar-refractivity contribution < 1.29 is 14.3 Å². The molecule has 1 aliphatic heterocycles. The number of aromatic amines is 1. The SMILES string of the molecule is CC(C)(C)OC(=O)N[C@@H]1CCCN(c2c(-c3ccccc3)cnc3[nH]cc(NC(=O)c4cccnc4)c23)C1. The van der Waals surface area contributed by atoms with Crippen LogP contribution in [0.5, 0.6) is 0 Å². The maximum absolute atomic E-state index is 13.0. The topological polar surface area (TPSA) is 112 Å². The van der Waals surface area contributed by atoms with Crippen molar-refractivity contribution in [2.24, 2.45) is 0 Å². The van der Waals surface area contributed by atoms with E-state index in [1.54, 1.807) is 24.5 Å². The number of anilines is 2. The van der Waals surface area contributed by atoms with Gasteiger partial charge in [0.2, 0.25) is 0 Å². The van der Waals surface area contributed by atoms with Gasteiger partial charge in [0.15, 0.2) is 0 Å². The van der Waals surface area contributed by atoms with Crippen LogP contribution in [-0.4, -0.2) is 51.7 Å². The fraction of sp³-hybridized carbons (Fsp3) is 0.310. The lowest BCUT2D eigenvalue weighted by atomic mass is 9.99. The molecule has 9 heteroatoms. The average molecular weight is 513 g/mol. The van der Waals surface area contributed by atoms with Crippen LogP contribution in [0.1, 0.15) is 44.0 Å². The Morgan fingerprint density at radius 2 is 1.92 bits per heavy atom. The highest BCUT2D eigenvalue weighted by Gasteiger charge is 2.28. The number of fused-ring (bicyclic) bond motifs is 1. The molecule has 4 aromatic rings. The van der Waals surface area contributed by atoms with Gasteiger partial charge in [0, 0.05) is 49.5 Å². The molecule has 1 aromatic carbocycles. The average Bonchev–Trinajstić information content (AvgIpc) is 3.31. The highest BCUT2D eigenvalue weighted by Crippen LogP contribution is 2.41. The van der Waals surface area contributed by atoms with Gasteiger partial charge in [-0.25, -0.2) is 9.78 Å². The molecule has 1 aliphatic rings. The van der Waals surface area contributed by atoms with Gasteiger partial charge in [-0.2, -0.15) is 0 Å². The van der Waals surface area contributed by atoms with Crippen molar-refractivity contribution in [3.05, 3.63) is 72.8 Å². The maximum Gasteiger partial charge on any atom is 0.407 e. The first-order valence-electron chi connectivity index (χ1n) is 12.8. The molecule has 1 fully saturated rings.